The molecule has 0 radical (unpaired) electrons. The zero-order valence-corrected chi connectivity index (χ0v) is 22.6. The van der Waals surface area contributed by atoms with Gasteiger partial charge in [-0.25, -0.2) is 9.78 Å². The first-order valence-electron chi connectivity index (χ1n) is 13.6. The highest BCUT2D eigenvalue weighted by atomic mass is 16.5. The number of aryl methyl sites for hydroxylation is 2. The fraction of sp³-hybridized carbons (Fsp3) is 0.250. The Balaban J connectivity index is 1.36. The lowest BCUT2D eigenvalue weighted by Gasteiger charge is -2.16. The molecule has 6 rings (SSSR count). The predicted octanol–water partition coefficient (Wildman–Crippen LogP) is 5.42. The second-order valence-corrected chi connectivity index (χ2v) is 10.1. The summed E-state index contributed by atoms with van der Waals surface area (Å²) < 4.78 is 12.2. The molecule has 0 bridgehead atoms. The van der Waals surface area contributed by atoms with E-state index in [1.165, 1.54) is 5.56 Å². The molecule has 0 aliphatic carbocycles. The van der Waals surface area contributed by atoms with Gasteiger partial charge in [0.2, 0.25) is 0 Å². The van der Waals surface area contributed by atoms with Crippen molar-refractivity contribution < 1.29 is 9.26 Å². The molecule has 5 aromatic rings. The number of ether oxygens (including phenoxy) is 1. The molecular formula is C32H30N4O4. The number of aromatic nitrogens is 4. The number of hydrogen-bond donors (Lipinski definition) is 1. The Morgan fingerprint density at radius 2 is 1.80 bits per heavy atom. The van der Waals surface area contributed by atoms with Crippen molar-refractivity contribution in [2.45, 2.75) is 46.0 Å². The van der Waals surface area contributed by atoms with E-state index in [9.17, 15) is 9.59 Å². The Bertz CT molecular complexity index is 1800. The minimum atomic E-state index is -0.594. The second kappa shape index (κ2) is 10.8. The highest BCUT2D eigenvalue weighted by molar-refractivity contribution is 5.80. The predicted molar refractivity (Wildman–Crippen MR) is 153 cm³/mol. The number of fused-ring (bicyclic) bond motifs is 1. The summed E-state index contributed by atoms with van der Waals surface area (Å²) in [5.41, 5.74) is 7.15. The maximum atomic E-state index is 14.0. The van der Waals surface area contributed by atoms with Crippen LogP contribution in [0.1, 0.15) is 48.0 Å². The summed E-state index contributed by atoms with van der Waals surface area (Å²) in [6.45, 7) is 4.70. The van der Waals surface area contributed by atoms with Crippen LogP contribution in [0.2, 0.25) is 0 Å². The minimum Gasteiger partial charge on any atom is -0.493 e. The van der Waals surface area contributed by atoms with Crippen LogP contribution in [-0.2, 0) is 19.3 Å². The molecule has 0 fully saturated rings. The standard InChI is InChI=1S/C32H30N4O4/c1-3-4-9-28-27(31(37)36(20(2)33-28)24-15-14-23-16-17-39-29(23)19-24)18-21-10-12-22(13-11-21)25-7-5-6-8-26(25)30-34-32(38)40-35-30/h5-8,10-15,19H,3-4,9,16-18H2,1-2H3,(H,34,35,38). The van der Waals surface area contributed by atoms with E-state index in [4.69, 9.17) is 14.2 Å². The lowest BCUT2D eigenvalue weighted by Crippen LogP contribution is -2.28. The maximum absolute atomic E-state index is 14.0. The second-order valence-electron chi connectivity index (χ2n) is 10.1. The first-order valence-corrected chi connectivity index (χ1v) is 13.6. The Morgan fingerprint density at radius 1 is 1.00 bits per heavy atom. The molecule has 1 N–H and O–H groups in total. The Labute approximate surface area is 231 Å². The number of nitrogens with zero attached hydrogens (tertiary/aromatic N) is 3. The molecule has 202 valence electrons. The van der Waals surface area contributed by atoms with Crippen molar-refractivity contribution in [3.05, 3.63) is 116 Å². The van der Waals surface area contributed by atoms with E-state index >= 15 is 0 Å². The van der Waals surface area contributed by atoms with Gasteiger partial charge in [0.05, 0.1) is 18.0 Å². The van der Waals surface area contributed by atoms with Gasteiger partial charge in [0, 0.05) is 30.0 Å². The normalized spacial score (nSPS) is 12.3. The summed E-state index contributed by atoms with van der Waals surface area (Å²) in [5.74, 6) is 1.30. The number of H-pyrrole nitrogens is 1. The van der Waals surface area contributed by atoms with Crippen LogP contribution < -0.4 is 16.1 Å². The molecule has 8 heteroatoms. The Kier molecular flexibility index (Phi) is 6.90. The van der Waals surface area contributed by atoms with Crippen LogP contribution in [-0.4, -0.2) is 26.3 Å². The third-order valence-electron chi connectivity index (χ3n) is 7.40. The van der Waals surface area contributed by atoms with Crippen molar-refractivity contribution in [1.29, 1.82) is 0 Å². The van der Waals surface area contributed by atoms with Crippen molar-refractivity contribution >= 4 is 0 Å². The van der Waals surface area contributed by atoms with E-state index in [1.54, 1.807) is 4.57 Å². The number of aromatic amines is 1. The third kappa shape index (κ3) is 4.88. The van der Waals surface area contributed by atoms with E-state index in [-0.39, 0.29) is 5.56 Å². The molecule has 0 amide bonds. The molecule has 3 heterocycles. The SMILES string of the molecule is CCCCc1nc(C)n(-c2ccc3c(c2)OCC3)c(=O)c1Cc1ccc(-c2ccccc2-c2noc(=O)[nH]2)cc1. The van der Waals surface area contributed by atoms with Crippen molar-refractivity contribution in [3.8, 4) is 34.0 Å². The van der Waals surface area contributed by atoms with Gasteiger partial charge >= 0.3 is 5.76 Å². The van der Waals surface area contributed by atoms with Crippen LogP contribution in [0, 0.1) is 6.92 Å². The molecule has 0 atom stereocenters. The van der Waals surface area contributed by atoms with Crippen LogP contribution in [0.4, 0.5) is 0 Å². The van der Waals surface area contributed by atoms with Gasteiger partial charge in [-0.2, -0.15) is 0 Å². The van der Waals surface area contributed by atoms with Crippen LogP contribution in [0.3, 0.4) is 0 Å². The van der Waals surface area contributed by atoms with E-state index in [2.05, 4.69) is 17.1 Å². The zero-order chi connectivity index (χ0) is 27.6. The zero-order valence-electron chi connectivity index (χ0n) is 22.6. The van der Waals surface area contributed by atoms with E-state index < -0.39 is 5.76 Å². The van der Waals surface area contributed by atoms with Gasteiger partial charge in [-0.05, 0) is 48.1 Å². The van der Waals surface area contributed by atoms with Gasteiger partial charge in [0.15, 0.2) is 5.82 Å². The summed E-state index contributed by atoms with van der Waals surface area (Å²) in [6, 6.07) is 21.8. The summed E-state index contributed by atoms with van der Waals surface area (Å²) in [7, 11) is 0. The number of unbranched alkanes of at least 4 members (excludes halogenated alkanes) is 1. The molecule has 0 unspecified atom stereocenters. The molecular weight excluding hydrogens is 504 g/mol. The van der Waals surface area contributed by atoms with Crippen LogP contribution in [0.5, 0.6) is 5.75 Å². The topological polar surface area (TPSA) is 103 Å². The molecule has 3 aromatic carbocycles. The van der Waals surface area contributed by atoms with Gasteiger partial charge in [0.1, 0.15) is 11.6 Å². The molecule has 8 nitrogen and oxygen atoms in total. The first kappa shape index (κ1) is 25.6. The molecule has 1 aliphatic heterocycles. The molecule has 0 spiro atoms. The molecule has 0 saturated carbocycles. The van der Waals surface area contributed by atoms with E-state index in [0.29, 0.717) is 30.2 Å². The number of nitrogens with one attached hydrogen (secondary N) is 1. The summed E-state index contributed by atoms with van der Waals surface area (Å²) in [6.07, 6.45) is 4.12. The molecule has 0 saturated heterocycles. The van der Waals surface area contributed by atoms with Crippen molar-refractivity contribution in [2.75, 3.05) is 6.61 Å². The third-order valence-corrected chi connectivity index (χ3v) is 7.40. The summed E-state index contributed by atoms with van der Waals surface area (Å²) in [5, 5.41) is 3.85. The van der Waals surface area contributed by atoms with Crippen LogP contribution in [0.25, 0.3) is 28.2 Å². The van der Waals surface area contributed by atoms with E-state index in [1.807, 2.05) is 73.7 Å². The van der Waals surface area contributed by atoms with Gasteiger partial charge < -0.3 is 4.74 Å². The minimum absolute atomic E-state index is 0.0408. The average Bonchev–Trinajstić information content (AvgIpc) is 3.62. The van der Waals surface area contributed by atoms with Crippen molar-refractivity contribution in [3.63, 3.8) is 0 Å². The Morgan fingerprint density at radius 3 is 2.55 bits per heavy atom. The van der Waals surface area contributed by atoms with Crippen molar-refractivity contribution in [2.24, 2.45) is 0 Å². The van der Waals surface area contributed by atoms with Gasteiger partial charge in [-0.1, -0.05) is 73.1 Å². The van der Waals surface area contributed by atoms with Crippen LogP contribution in [0.15, 0.2) is 80.8 Å². The summed E-state index contributed by atoms with van der Waals surface area (Å²) in [4.78, 5) is 33.1. The van der Waals surface area contributed by atoms with Gasteiger partial charge in [0.25, 0.3) is 5.56 Å². The quantitative estimate of drug-likeness (QED) is 0.285. The maximum Gasteiger partial charge on any atom is 0.439 e. The van der Waals surface area contributed by atoms with Crippen molar-refractivity contribution in [1.82, 2.24) is 19.7 Å². The lowest BCUT2D eigenvalue weighted by atomic mass is 9.96. The number of rotatable bonds is 8. The largest absolute Gasteiger partial charge is 0.493 e. The van der Waals surface area contributed by atoms with E-state index in [0.717, 1.165) is 65.1 Å². The van der Waals surface area contributed by atoms with Crippen LogP contribution >= 0.6 is 0 Å². The first-order chi connectivity index (χ1) is 19.5. The number of hydrogen-bond acceptors (Lipinski definition) is 6. The lowest BCUT2D eigenvalue weighted by molar-refractivity contribution is 0.356. The monoisotopic (exact) mass is 534 g/mol. The fourth-order valence-corrected chi connectivity index (χ4v) is 5.34. The van der Waals surface area contributed by atoms with Gasteiger partial charge in [-0.3, -0.25) is 18.9 Å². The molecule has 1 aliphatic rings. The average molecular weight is 535 g/mol. The fourth-order valence-electron chi connectivity index (χ4n) is 5.34. The molecule has 2 aromatic heterocycles. The molecule has 40 heavy (non-hydrogen) atoms. The smallest absolute Gasteiger partial charge is 0.439 e. The highest BCUT2D eigenvalue weighted by Crippen LogP contribution is 2.31. The Hall–Kier alpha value is -4.72. The summed E-state index contributed by atoms with van der Waals surface area (Å²) >= 11 is 0. The van der Waals surface area contributed by atoms with Gasteiger partial charge in [-0.15, -0.1) is 0 Å². The highest BCUT2D eigenvalue weighted by Gasteiger charge is 2.19. The number of benzene rings is 3.